The molecule has 1 heterocycles. The highest BCUT2D eigenvalue weighted by atomic mass is 32.2. The van der Waals surface area contributed by atoms with Crippen molar-refractivity contribution in [1.29, 1.82) is 0 Å². The summed E-state index contributed by atoms with van der Waals surface area (Å²) in [5, 5.41) is 3.39. The molecule has 2 rings (SSSR count). The lowest BCUT2D eigenvalue weighted by atomic mass is 9.84. The normalized spacial score (nSPS) is 17.9. The van der Waals surface area contributed by atoms with Gasteiger partial charge in [-0.25, -0.2) is 4.98 Å². The zero-order valence-corrected chi connectivity index (χ0v) is 10.7. The highest BCUT2D eigenvalue weighted by Gasteiger charge is 2.35. The van der Waals surface area contributed by atoms with Crippen LogP contribution in [0.2, 0.25) is 0 Å². The van der Waals surface area contributed by atoms with E-state index in [1.54, 1.807) is 0 Å². The molecule has 0 amide bonds. The maximum Gasteiger partial charge on any atom is 0.149 e. The molecule has 0 saturated heterocycles. The molecule has 0 bridgehead atoms. The summed E-state index contributed by atoms with van der Waals surface area (Å²) in [5.41, 5.74) is 7.63. The Morgan fingerprint density at radius 2 is 2.25 bits per heavy atom. The van der Waals surface area contributed by atoms with Crippen molar-refractivity contribution in [2.45, 2.75) is 30.9 Å². The van der Waals surface area contributed by atoms with Crippen LogP contribution in [0.1, 0.15) is 25.0 Å². The van der Waals surface area contributed by atoms with Crippen molar-refractivity contribution >= 4 is 23.3 Å². The number of rotatable bonds is 4. The third-order valence-electron chi connectivity index (χ3n) is 3.34. The molecule has 1 saturated carbocycles. The number of anilines is 2. The maximum absolute atomic E-state index is 5.89. The van der Waals surface area contributed by atoms with Gasteiger partial charge in [0.05, 0.1) is 5.69 Å². The summed E-state index contributed by atoms with van der Waals surface area (Å²) < 4.78 is 0.415. The largest absolute Gasteiger partial charge is 0.396 e. The van der Waals surface area contributed by atoms with Gasteiger partial charge in [-0.15, -0.1) is 0 Å². The highest BCUT2D eigenvalue weighted by molar-refractivity contribution is 8.00. The van der Waals surface area contributed by atoms with Crippen molar-refractivity contribution in [3.05, 3.63) is 17.8 Å². The summed E-state index contributed by atoms with van der Waals surface area (Å²) in [7, 11) is 0. The van der Waals surface area contributed by atoms with E-state index in [4.69, 9.17) is 5.73 Å². The molecule has 4 heteroatoms. The van der Waals surface area contributed by atoms with Crippen LogP contribution in [0.3, 0.4) is 0 Å². The lowest BCUT2D eigenvalue weighted by molar-refractivity contribution is 0.379. The van der Waals surface area contributed by atoms with E-state index in [-0.39, 0.29) is 0 Å². The zero-order valence-electron chi connectivity index (χ0n) is 9.92. The fourth-order valence-corrected chi connectivity index (χ4v) is 2.89. The van der Waals surface area contributed by atoms with Crippen LogP contribution in [0.15, 0.2) is 12.1 Å². The highest BCUT2D eigenvalue weighted by Crippen LogP contribution is 2.42. The molecule has 0 radical (unpaired) electrons. The predicted molar refractivity (Wildman–Crippen MR) is 72.0 cm³/mol. The Labute approximate surface area is 101 Å². The molecular weight excluding hydrogens is 218 g/mol. The average molecular weight is 237 g/mol. The van der Waals surface area contributed by atoms with E-state index in [2.05, 4.69) is 16.6 Å². The number of hydrogen-bond donors (Lipinski definition) is 2. The van der Waals surface area contributed by atoms with E-state index in [1.807, 2.05) is 30.8 Å². The van der Waals surface area contributed by atoms with E-state index >= 15 is 0 Å². The molecule has 0 unspecified atom stereocenters. The Morgan fingerprint density at radius 1 is 1.50 bits per heavy atom. The Morgan fingerprint density at radius 3 is 2.81 bits per heavy atom. The Hall–Kier alpha value is -0.900. The van der Waals surface area contributed by atoms with E-state index in [1.165, 1.54) is 19.3 Å². The van der Waals surface area contributed by atoms with Crippen LogP contribution in [0.25, 0.3) is 0 Å². The lowest BCUT2D eigenvalue weighted by Crippen LogP contribution is -2.40. The SMILES string of the molecule is CSC1(CNc2nc(C)ccc2N)CCC1. The summed E-state index contributed by atoms with van der Waals surface area (Å²) in [6, 6.07) is 3.85. The van der Waals surface area contributed by atoms with Crippen molar-refractivity contribution < 1.29 is 0 Å². The third-order valence-corrected chi connectivity index (χ3v) is 4.76. The van der Waals surface area contributed by atoms with Gasteiger partial charge in [0.15, 0.2) is 0 Å². The van der Waals surface area contributed by atoms with Crippen molar-refractivity contribution in [1.82, 2.24) is 4.98 Å². The number of nitrogens with two attached hydrogens (primary N) is 1. The second kappa shape index (κ2) is 4.53. The van der Waals surface area contributed by atoms with E-state index in [9.17, 15) is 0 Å². The topological polar surface area (TPSA) is 50.9 Å². The number of hydrogen-bond acceptors (Lipinski definition) is 4. The zero-order chi connectivity index (χ0) is 11.6. The first-order chi connectivity index (χ1) is 7.65. The maximum atomic E-state index is 5.89. The summed E-state index contributed by atoms with van der Waals surface area (Å²) in [6.07, 6.45) is 6.13. The molecule has 1 fully saturated rings. The van der Waals surface area contributed by atoms with Gasteiger partial charge in [-0.3, -0.25) is 0 Å². The van der Waals surface area contributed by atoms with Gasteiger partial charge in [0.25, 0.3) is 0 Å². The first kappa shape index (κ1) is 11.6. The molecule has 0 atom stereocenters. The van der Waals surface area contributed by atoms with Crippen LogP contribution in [-0.4, -0.2) is 22.5 Å². The monoisotopic (exact) mass is 237 g/mol. The minimum Gasteiger partial charge on any atom is -0.396 e. The van der Waals surface area contributed by atoms with Gasteiger partial charge in [0.2, 0.25) is 0 Å². The van der Waals surface area contributed by atoms with Gasteiger partial charge in [-0.2, -0.15) is 11.8 Å². The Balaban J connectivity index is 2.01. The van der Waals surface area contributed by atoms with Crippen LogP contribution in [0, 0.1) is 6.92 Å². The summed E-state index contributed by atoms with van der Waals surface area (Å²) in [6.45, 7) is 2.95. The van der Waals surface area contributed by atoms with Crippen molar-refractivity contribution in [3.63, 3.8) is 0 Å². The quantitative estimate of drug-likeness (QED) is 0.845. The molecule has 3 N–H and O–H groups in total. The minimum atomic E-state index is 0.415. The smallest absolute Gasteiger partial charge is 0.149 e. The molecule has 1 aromatic rings. The number of aromatic nitrogens is 1. The first-order valence-electron chi connectivity index (χ1n) is 5.67. The summed E-state index contributed by atoms with van der Waals surface area (Å²) >= 11 is 1.96. The van der Waals surface area contributed by atoms with E-state index in [0.717, 1.165) is 23.7 Å². The summed E-state index contributed by atoms with van der Waals surface area (Å²) in [5.74, 6) is 0.834. The van der Waals surface area contributed by atoms with E-state index in [0.29, 0.717) is 4.75 Å². The number of nitrogen functional groups attached to an aromatic ring is 1. The lowest BCUT2D eigenvalue weighted by Gasteiger charge is -2.40. The molecule has 16 heavy (non-hydrogen) atoms. The summed E-state index contributed by atoms with van der Waals surface area (Å²) in [4.78, 5) is 4.42. The van der Waals surface area contributed by atoms with Gasteiger partial charge < -0.3 is 11.1 Å². The number of nitrogens with zero attached hydrogens (tertiary/aromatic N) is 1. The first-order valence-corrected chi connectivity index (χ1v) is 6.90. The van der Waals surface area contributed by atoms with Gasteiger partial charge in [0.1, 0.15) is 5.82 Å². The van der Waals surface area contributed by atoms with Crippen molar-refractivity contribution in [2.75, 3.05) is 23.9 Å². The Bertz CT molecular complexity index is 369. The molecular formula is C12H19N3S. The Kier molecular flexibility index (Phi) is 3.28. The van der Waals surface area contributed by atoms with Crippen LogP contribution < -0.4 is 11.1 Å². The molecule has 1 aliphatic rings. The molecule has 0 aromatic carbocycles. The molecule has 88 valence electrons. The van der Waals surface area contributed by atoms with Crippen molar-refractivity contribution in [2.24, 2.45) is 0 Å². The average Bonchev–Trinajstić information content (AvgIpc) is 2.22. The van der Waals surface area contributed by atoms with Crippen LogP contribution in [0.4, 0.5) is 11.5 Å². The van der Waals surface area contributed by atoms with Gasteiger partial charge in [-0.05, 0) is 38.2 Å². The third kappa shape index (κ3) is 2.26. The van der Waals surface area contributed by atoms with Gasteiger partial charge in [-0.1, -0.05) is 6.42 Å². The van der Waals surface area contributed by atoms with Gasteiger partial charge >= 0.3 is 0 Å². The van der Waals surface area contributed by atoms with Crippen LogP contribution in [0.5, 0.6) is 0 Å². The second-order valence-corrected chi connectivity index (χ2v) is 5.76. The molecule has 1 aromatic heterocycles. The van der Waals surface area contributed by atoms with Crippen LogP contribution in [-0.2, 0) is 0 Å². The number of thioether (sulfide) groups is 1. The van der Waals surface area contributed by atoms with Crippen LogP contribution >= 0.6 is 11.8 Å². The van der Waals surface area contributed by atoms with Crippen molar-refractivity contribution in [3.8, 4) is 0 Å². The fraction of sp³-hybridized carbons (Fsp3) is 0.583. The van der Waals surface area contributed by atoms with Gasteiger partial charge in [0, 0.05) is 17.0 Å². The number of pyridine rings is 1. The van der Waals surface area contributed by atoms with E-state index < -0.39 is 0 Å². The standard InChI is InChI=1S/C12H19N3S/c1-9-4-5-10(13)11(15-9)14-8-12(16-2)6-3-7-12/h4-5H,3,6-8,13H2,1-2H3,(H,14,15). The molecule has 0 spiro atoms. The number of nitrogens with one attached hydrogen (secondary N) is 1. The molecule has 3 nitrogen and oxygen atoms in total. The fourth-order valence-electron chi connectivity index (χ4n) is 1.98. The minimum absolute atomic E-state index is 0.415. The molecule has 1 aliphatic carbocycles. The predicted octanol–water partition coefficient (Wildman–Crippen LogP) is 2.67. The number of aryl methyl sites for hydroxylation is 1. The molecule has 0 aliphatic heterocycles. The second-order valence-electron chi connectivity index (χ2n) is 4.48.